The molecule has 0 unspecified atom stereocenters. The van der Waals surface area contributed by atoms with Gasteiger partial charge >= 0.3 is 11.9 Å². The third-order valence-electron chi connectivity index (χ3n) is 6.08. The van der Waals surface area contributed by atoms with Crippen molar-refractivity contribution in [3.63, 3.8) is 0 Å². The van der Waals surface area contributed by atoms with E-state index in [1.807, 2.05) is 74.5 Å². The molecule has 0 aromatic heterocycles. The molecule has 0 saturated carbocycles. The third kappa shape index (κ3) is 3.41. The summed E-state index contributed by atoms with van der Waals surface area (Å²) in [6, 6.07) is 19.5. The standard InChI is InChI=1S/2C12H11NO3/c2*1-7-9-10(12(14)15-7)13-16-11(9)8-5-3-2-4-6-8/h2*2-7,9,11H,1H3/t2*7-,9-,11+/m10/s1. The first-order chi connectivity index (χ1) is 15.5. The Labute approximate surface area is 184 Å². The van der Waals surface area contributed by atoms with Crippen molar-refractivity contribution in [2.75, 3.05) is 0 Å². The lowest BCUT2D eigenvalue weighted by atomic mass is 9.90. The quantitative estimate of drug-likeness (QED) is 0.673. The molecular formula is C24H22N2O6. The van der Waals surface area contributed by atoms with Crippen LogP contribution in [0.2, 0.25) is 0 Å². The molecular weight excluding hydrogens is 412 g/mol. The Morgan fingerprint density at radius 2 is 1.00 bits per heavy atom. The highest BCUT2D eigenvalue weighted by atomic mass is 16.7. The minimum absolute atomic E-state index is 0.0742. The van der Waals surface area contributed by atoms with Crippen molar-refractivity contribution in [2.45, 2.75) is 38.3 Å². The van der Waals surface area contributed by atoms with Gasteiger partial charge in [-0.05, 0) is 25.0 Å². The maximum atomic E-state index is 11.4. The summed E-state index contributed by atoms with van der Waals surface area (Å²) in [5.41, 5.74) is 2.88. The van der Waals surface area contributed by atoms with E-state index in [1.54, 1.807) is 0 Å². The van der Waals surface area contributed by atoms with Crippen LogP contribution in [-0.4, -0.2) is 35.6 Å². The topological polar surface area (TPSA) is 95.8 Å². The van der Waals surface area contributed by atoms with E-state index in [4.69, 9.17) is 19.1 Å². The van der Waals surface area contributed by atoms with Crippen LogP contribution in [-0.2, 0) is 28.7 Å². The van der Waals surface area contributed by atoms with Crippen molar-refractivity contribution >= 4 is 23.4 Å². The second-order valence-electron chi connectivity index (χ2n) is 8.10. The Kier molecular flexibility index (Phi) is 5.13. The van der Waals surface area contributed by atoms with E-state index in [1.165, 1.54) is 0 Å². The first-order valence-corrected chi connectivity index (χ1v) is 10.5. The van der Waals surface area contributed by atoms with E-state index >= 15 is 0 Å². The molecule has 0 aliphatic carbocycles. The van der Waals surface area contributed by atoms with Gasteiger partial charge in [0, 0.05) is 0 Å². The smallest absolute Gasteiger partial charge is 0.357 e. The number of esters is 2. The monoisotopic (exact) mass is 434 g/mol. The average molecular weight is 434 g/mol. The third-order valence-corrected chi connectivity index (χ3v) is 6.08. The van der Waals surface area contributed by atoms with Crippen LogP contribution in [0.4, 0.5) is 0 Å². The van der Waals surface area contributed by atoms with Gasteiger partial charge in [0.05, 0.1) is 11.8 Å². The molecule has 2 saturated heterocycles. The number of rotatable bonds is 2. The molecule has 2 fully saturated rings. The lowest BCUT2D eigenvalue weighted by Gasteiger charge is -2.17. The summed E-state index contributed by atoms with van der Waals surface area (Å²) in [6.45, 7) is 3.74. The van der Waals surface area contributed by atoms with Crippen LogP contribution in [0.5, 0.6) is 0 Å². The minimum atomic E-state index is -0.351. The molecule has 8 heteroatoms. The van der Waals surface area contributed by atoms with Crippen molar-refractivity contribution in [2.24, 2.45) is 22.1 Å². The van der Waals surface area contributed by atoms with Gasteiger partial charge in [-0.1, -0.05) is 71.0 Å². The summed E-state index contributed by atoms with van der Waals surface area (Å²) in [5.74, 6) is -0.850. The zero-order valence-electron chi connectivity index (χ0n) is 17.6. The lowest BCUT2D eigenvalue weighted by molar-refractivity contribution is -0.139. The van der Waals surface area contributed by atoms with Crippen LogP contribution in [0.25, 0.3) is 0 Å². The summed E-state index contributed by atoms with van der Waals surface area (Å²) >= 11 is 0. The Balaban J connectivity index is 0.000000135. The highest BCUT2D eigenvalue weighted by Crippen LogP contribution is 2.40. The predicted octanol–water partition coefficient (Wildman–Crippen LogP) is 3.35. The zero-order chi connectivity index (χ0) is 22.2. The number of nitrogens with zero attached hydrogens (tertiary/aromatic N) is 2. The van der Waals surface area contributed by atoms with Gasteiger partial charge in [-0.3, -0.25) is 0 Å². The number of carbonyl (C=O) groups is 2. The molecule has 4 aliphatic rings. The van der Waals surface area contributed by atoms with E-state index in [0.717, 1.165) is 11.1 Å². The summed E-state index contributed by atoms with van der Waals surface area (Å²) in [6.07, 6.45) is -0.729. The van der Waals surface area contributed by atoms with Crippen LogP contribution >= 0.6 is 0 Å². The highest BCUT2D eigenvalue weighted by molar-refractivity contribution is 6.39. The maximum Gasteiger partial charge on any atom is 0.357 e. The van der Waals surface area contributed by atoms with Gasteiger partial charge in [0.25, 0.3) is 0 Å². The number of ether oxygens (including phenoxy) is 2. The normalized spacial score (nSPS) is 31.7. The molecule has 164 valence electrons. The van der Waals surface area contributed by atoms with Gasteiger partial charge in [-0.2, -0.15) is 0 Å². The molecule has 4 aliphatic heterocycles. The average Bonchev–Trinajstić information content (AvgIpc) is 3.56. The Bertz CT molecular complexity index is 997. The number of oxime groups is 2. The summed E-state index contributed by atoms with van der Waals surface area (Å²) in [7, 11) is 0. The van der Waals surface area contributed by atoms with Crippen LogP contribution in [0.1, 0.15) is 37.2 Å². The van der Waals surface area contributed by atoms with Crippen molar-refractivity contribution in [3.05, 3.63) is 71.8 Å². The second-order valence-corrected chi connectivity index (χ2v) is 8.10. The Morgan fingerprint density at radius 3 is 1.38 bits per heavy atom. The van der Waals surface area contributed by atoms with Gasteiger partial charge in [-0.15, -0.1) is 0 Å². The Hall–Kier alpha value is -3.68. The number of hydrogen-bond acceptors (Lipinski definition) is 8. The summed E-state index contributed by atoms with van der Waals surface area (Å²) in [4.78, 5) is 33.5. The molecule has 6 atom stereocenters. The van der Waals surface area contributed by atoms with Crippen molar-refractivity contribution in [3.8, 4) is 0 Å². The molecule has 8 nitrogen and oxygen atoms in total. The van der Waals surface area contributed by atoms with Crippen LogP contribution in [0.3, 0.4) is 0 Å². The largest absolute Gasteiger partial charge is 0.457 e. The highest BCUT2D eigenvalue weighted by Gasteiger charge is 2.50. The molecule has 2 aromatic carbocycles. The van der Waals surface area contributed by atoms with E-state index in [9.17, 15) is 9.59 Å². The SMILES string of the molecule is C[C@@H]1OC(=O)C2=NO[C@H](c3ccccc3)[C@H]21.C[C@H]1OC(=O)C2=NO[C@@H](c3ccccc3)[C@@H]21. The predicted molar refractivity (Wildman–Crippen MR) is 113 cm³/mol. The van der Waals surface area contributed by atoms with Gasteiger partial charge in [-0.25, -0.2) is 9.59 Å². The molecule has 0 spiro atoms. The molecule has 4 heterocycles. The van der Waals surface area contributed by atoms with Gasteiger partial charge in [0.15, 0.2) is 23.6 Å². The molecule has 6 rings (SSSR count). The fourth-order valence-corrected chi connectivity index (χ4v) is 4.48. The van der Waals surface area contributed by atoms with Gasteiger partial charge < -0.3 is 19.1 Å². The molecule has 0 bridgehead atoms. The van der Waals surface area contributed by atoms with Gasteiger partial charge in [0.1, 0.15) is 12.2 Å². The zero-order valence-corrected chi connectivity index (χ0v) is 17.6. The van der Waals surface area contributed by atoms with Crippen LogP contribution in [0.15, 0.2) is 71.0 Å². The van der Waals surface area contributed by atoms with E-state index < -0.39 is 0 Å². The summed E-state index contributed by atoms with van der Waals surface area (Å²) in [5, 5.41) is 7.66. The number of benzene rings is 2. The first kappa shape index (κ1) is 20.2. The Morgan fingerprint density at radius 1 is 0.625 bits per heavy atom. The van der Waals surface area contributed by atoms with Crippen LogP contribution < -0.4 is 0 Å². The fourth-order valence-electron chi connectivity index (χ4n) is 4.48. The minimum Gasteiger partial charge on any atom is -0.457 e. The number of hydrogen-bond donors (Lipinski definition) is 0. The molecule has 0 radical (unpaired) electrons. The van der Waals surface area contributed by atoms with E-state index in [0.29, 0.717) is 11.4 Å². The number of cyclic esters (lactones) is 2. The molecule has 2 aromatic rings. The van der Waals surface area contributed by atoms with Crippen molar-refractivity contribution in [1.82, 2.24) is 0 Å². The van der Waals surface area contributed by atoms with E-state index in [-0.39, 0.29) is 48.2 Å². The molecule has 0 amide bonds. The first-order valence-electron chi connectivity index (χ1n) is 10.5. The number of fused-ring (bicyclic) bond motifs is 2. The molecule has 32 heavy (non-hydrogen) atoms. The van der Waals surface area contributed by atoms with Crippen LogP contribution in [0, 0.1) is 11.8 Å². The van der Waals surface area contributed by atoms with Gasteiger partial charge in [0.2, 0.25) is 0 Å². The van der Waals surface area contributed by atoms with Crippen molar-refractivity contribution in [1.29, 1.82) is 0 Å². The lowest BCUT2D eigenvalue weighted by Crippen LogP contribution is -2.21. The molecule has 0 N–H and O–H groups in total. The number of carbonyl (C=O) groups excluding carboxylic acids is 2. The fraction of sp³-hybridized carbons (Fsp3) is 0.333. The second kappa shape index (κ2) is 8.11. The maximum absolute atomic E-state index is 11.4. The van der Waals surface area contributed by atoms with E-state index in [2.05, 4.69) is 10.3 Å². The summed E-state index contributed by atoms with van der Waals surface area (Å²) < 4.78 is 10.3. The van der Waals surface area contributed by atoms with Crippen molar-refractivity contribution < 1.29 is 28.7 Å².